The van der Waals surface area contributed by atoms with Crippen molar-refractivity contribution in [1.82, 2.24) is 10.6 Å². The Hall–Kier alpha value is -2.82. The molecule has 0 fully saturated rings. The number of carbonyl (C=O) groups excluding carboxylic acids is 2. The number of amides is 2. The first-order chi connectivity index (χ1) is 11.6. The summed E-state index contributed by atoms with van der Waals surface area (Å²) in [7, 11) is 0. The first kappa shape index (κ1) is 17.5. The van der Waals surface area contributed by atoms with Gasteiger partial charge in [-0.1, -0.05) is 60.7 Å². The summed E-state index contributed by atoms with van der Waals surface area (Å²) in [6.07, 6.45) is -0.617. The molecule has 0 bridgehead atoms. The van der Waals surface area contributed by atoms with Crippen LogP contribution >= 0.6 is 0 Å². The highest BCUT2D eigenvalue weighted by atomic mass is 16.5. The Bertz CT molecular complexity index is 659. The van der Waals surface area contributed by atoms with Gasteiger partial charge in [-0.05, 0) is 25.0 Å². The molecule has 2 amide bonds. The summed E-state index contributed by atoms with van der Waals surface area (Å²) < 4.78 is 5.11. The van der Waals surface area contributed by atoms with Gasteiger partial charge in [0, 0.05) is 0 Å². The number of nitrogens with one attached hydrogen (secondary N) is 2. The minimum atomic E-state index is -0.681. The van der Waals surface area contributed by atoms with Crippen LogP contribution in [0, 0.1) is 0 Å². The van der Waals surface area contributed by atoms with Gasteiger partial charge in [0.05, 0.1) is 6.04 Å². The van der Waals surface area contributed by atoms with Gasteiger partial charge in [0.15, 0.2) is 0 Å². The van der Waals surface area contributed by atoms with Gasteiger partial charge in [-0.15, -0.1) is 0 Å². The smallest absolute Gasteiger partial charge is 0.408 e. The first-order valence-electron chi connectivity index (χ1n) is 7.89. The Kier molecular flexibility index (Phi) is 6.37. The first-order valence-corrected chi connectivity index (χ1v) is 7.89. The lowest BCUT2D eigenvalue weighted by molar-refractivity contribution is -0.123. The van der Waals surface area contributed by atoms with Crippen molar-refractivity contribution in [2.45, 2.75) is 32.5 Å². The maximum atomic E-state index is 12.2. The van der Waals surface area contributed by atoms with E-state index in [1.807, 2.05) is 67.6 Å². The van der Waals surface area contributed by atoms with Gasteiger partial charge in [0.2, 0.25) is 5.91 Å². The average Bonchev–Trinajstić information content (AvgIpc) is 2.61. The van der Waals surface area contributed by atoms with Gasteiger partial charge in [-0.25, -0.2) is 4.79 Å². The third kappa shape index (κ3) is 5.43. The molecule has 0 aliphatic carbocycles. The average molecular weight is 326 g/mol. The van der Waals surface area contributed by atoms with Crippen molar-refractivity contribution in [2.24, 2.45) is 0 Å². The van der Waals surface area contributed by atoms with Crippen LogP contribution in [0.3, 0.4) is 0 Å². The molecule has 2 aromatic rings. The number of benzene rings is 2. The Labute approximate surface area is 142 Å². The van der Waals surface area contributed by atoms with Crippen LogP contribution in [0.4, 0.5) is 4.79 Å². The van der Waals surface area contributed by atoms with Crippen molar-refractivity contribution in [2.75, 3.05) is 0 Å². The number of rotatable bonds is 6. The molecule has 5 heteroatoms. The van der Waals surface area contributed by atoms with Gasteiger partial charge in [0.25, 0.3) is 0 Å². The quantitative estimate of drug-likeness (QED) is 0.857. The fraction of sp³-hybridized carbons (Fsp3) is 0.263. The van der Waals surface area contributed by atoms with Crippen LogP contribution in [-0.4, -0.2) is 18.0 Å². The largest absolute Gasteiger partial charge is 0.445 e. The molecule has 0 aliphatic heterocycles. The zero-order valence-electron chi connectivity index (χ0n) is 13.9. The third-order valence-corrected chi connectivity index (χ3v) is 3.60. The van der Waals surface area contributed by atoms with Gasteiger partial charge in [-0.2, -0.15) is 0 Å². The van der Waals surface area contributed by atoms with E-state index in [0.717, 1.165) is 11.1 Å². The minimum Gasteiger partial charge on any atom is -0.445 e. The highest BCUT2D eigenvalue weighted by Crippen LogP contribution is 2.11. The zero-order chi connectivity index (χ0) is 17.4. The van der Waals surface area contributed by atoms with Gasteiger partial charge >= 0.3 is 6.09 Å². The molecule has 2 atom stereocenters. The molecular formula is C19H22N2O3. The molecule has 0 spiro atoms. The highest BCUT2D eigenvalue weighted by Gasteiger charge is 2.18. The van der Waals surface area contributed by atoms with Crippen LogP contribution in [0.2, 0.25) is 0 Å². The van der Waals surface area contributed by atoms with Gasteiger partial charge < -0.3 is 15.4 Å². The molecule has 2 N–H and O–H groups in total. The molecular weight excluding hydrogens is 304 g/mol. The Balaban J connectivity index is 1.77. The molecule has 1 unspecified atom stereocenters. The number of carbonyl (C=O) groups is 2. The van der Waals surface area contributed by atoms with Crippen LogP contribution in [-0.2, 0) is 16.1 Å². The van der Waals surface area contributed by atoms with E-state index in [-0.39, 0.29) is 18.6 Å². The van der Waals surface area contributed by atoms with E-state index in [9.17, 15) is 9.59 Å². The van der Waals surface area contributed by atoms with Gasteiger partial charge in [0.1, 0.15) is 12.6 Å². The van der Waals surface area contributed by atoms with Crippen LogP contribution in [0.5, 0.6) is 0 Å². The Morgan fingerprint density at radius 1 is 0.917 bits per heavy atom. The van der Waals surface area contributed by atoms with Crippen LogP contribution < -0.4 is 10.6 Å². The van der Waals surface area contributed by atoms with Crippen molar-refractivity contribution in [3.05, 3.63) is 71.8 Å². The second kappa shape index (κ2) is 8.72. The summed E-state index contributed by atoms with van der Waals surface area (Å²) >= 11 is 0. The van der Waals surface area contributed by atoms with E-state index < -0.39 is 12.1 Å². The van der Waals surface area contributed by atoms with Crippen molar-refractivity contribution < 1.29 is 14.3 Å². The predicted molar refractivity (Wildman–Crippen MR) is 92.2 cm³/mol. The SMILES string of the molecule is CC(NC(=O)[C@H](C)NC(=O)OCc1ccccc1)c1ccccc1. The molecule has 126 valence electrons. The maximum absolute atomic E-state index is 12.2. The summed E-state index contributed by atoms with van der Waals surface area (Å²) in [4.78, 5) is 23.9. The molecule has 0 saturated heterocycles. The van der Waals surface area contributed by atoms with E-state index in [4.69, 9.17) is 4.74 Å². The third-order valence-electron chi connectivity index (χ3n) is 3.60. The summed E-state index contributed by atoms with van der Waals surface area (Å²) in [6, 6.07) is 18.2. The molecule has 0 aromatic heterocycles. The fourth-order valence-electron chi connectivity index (χ4n) is 2.17. The maximum Gasteiger partial charge on any atom is 0.408 e. The normalized spacial score (nSPS) is 12.8. The molecule has 2 aromatic carbocycles. The van der Waals surface area contributed by atoms with E-state index >= 15 is 0 Å². The topological polar surface area (TPSA) is 67.4 Å². The Morgan fingerprint density at radius 2 is 1.50 bits per heavy atom. The van der Waals surface area contributed by atoms with Crippen molar-refractivity contribution in [3.8, 4) is 0 Å². The van der Waals surface area contributed by atoms with Crippen molar-refractivity contribution >= 4 is 12.0 Å². The van der Waals surface area contributed by atoms with E-state index in [0.29, 0.717) is 0 Å². The molecule has 0 aliphatic rings. The molecule has 24 heavy (non-hydrogen) atoms. The van der Waals surface area contributed by atoms with Gasteiger partial charge in [-0.3, -0.25) is 4.79 Å². The summed E-state index contributed by atoms with van der Waals surface area (Å²) in [5.74, 6) is -0.261. The summed E-state index contributed by atoms with van der Waals surface area (Å²) in [6.45, 7) is 3.69. The lowest BCUT2D eigenvalue weighted by Crippen LogP contribution is -2.45. The van der Waals surface area contributed by atoms with Crippen molar-refractivity contribution in [1.29, 1.82) is 0 Å². The zero-order valence-corrected chi connectivity index (χ0v) is 13.9. The molecule has 0 saturated carbocycles. The predicted octanol–water partition coefficient (Wildman–Crippen LogP) is 3.18. The number of ether oxygens (including phenoxy) is 1. The molecule has 5 nitrogen and oxygen atoms in total. The van der Waals surface area contributed by atoms with Crippen LogP contribution in [0.15, 0.2) is 60.7 Å². The van der Waals surface area contributed by atoms with E-state index in [1.165, 1.54) is 0 Å². The number of hydrogen-bond donors (Lipinski definition) is 2. The van der Waals surface area contributed by atoms with Crippen LogP contribution in [0.25, 0.3) is 0 Å². The fourth-order valence-corrected chi connectivity index (χ4v) is 2.17. The summed E-state index contributed by atoms with van der Waals surface area (Å²) in [5.41, 5.74) is 1.90. The van der Waals surface area contributed by atoms with Crippen molar-refractivity contribution in [3.63, 3.8) is 0 Å². The second-order valence-corrected chi connectivity index (χ2v) is 5.57. The molecule has 0 heterocycles. The second-order valence-electron chi connectivity index (χ2n) is 5.57. The van der Waals surface area contributed by atoms with Crippen LogP contribution in [0.1, 0.15) is 31.0 Å². The van der Waals surface area contributed by atoms with E-state index in [1.54, 1.807) is 6.92 Å². The number of alkyl carbamates (subject to hydrolysis) is 1. The highest BCUT2D eigenvalue weighted by molar-refractivity contribution is 5.85. The summed E-state index contributed by atoms with van der Waals surface area (Å²) in [5, 5.41) is 5.40. The molecule has 0 radical (unpaired) electrons. The monoisotopic (exact) mass is 326 g/mol. The lowest BCUT2D eigenvalue weighted by atomic mass is 10.1. The standard InChI is InChI=1S/C19H22N2O3/c1-14(17-11-7-4-8-12-17)20-18(22)15(2)21-19(23)24-13-16-9-5-3-6-10-16/h3-12,14-15H,13H2,1-2H3,(H,20,22)(H,21,23)/t14?,15-/m0/s1. The lowest BCUT2D eigenvalue weighted by Gasteiger charge is -2.18. The van der Waals surface area contributed by atoms with E-state index in [2.05, 4.69) is 10.6 Å². The number of hydrogen-bond acceptors (Lipinski definition) is 3. The molecule has 2 rings (SSSR count). The minimum absolute atomic E-state index is 0.136. The Morgan fingerprint density at radius 3 is 2.12 bits per heavy atom.